The molecule has 0 aromatic heterocycles. The van der Waals surface area contributed by atoms with Crippen LogP contribution in [0, 0.1) is 113 Å². The van der Waals surface area contributed by atoms with Crippen molar-refractivity contribution in [2.75, 3.05) is 13.2 Å². The number of ketones is 2. The van der Waals surface area contributed by atoms with E-state index in [2.05, 4.69) is 96.2 Å². The van der Waals surface area contributed by atoms with Crippen molar-refractivity contribution in [3.63, 3.8) is 0 Å². The number of hydrogen-bond acceptors (Lipinski definition) is 4. The molecule has 0 saturated heterocycles. The molecule has 10 saturated carbocycles. The summed E-state index contributed by atoms with van der Waals surface area (Å²) < 4.78 is 0. The van der Waals surface area contributed by atoms with Gasteiger partial charge < -0.3 is 10.2 Å². The second-order valence-corrected chi connectivity index (χ2v) is 28.7. The lowest BCUT2D eigenvalue weighted by molar-refractivity contribution is -0.236. The summed E-state index contributed by atoms with van der Waals surface area (Å²) in [5, 5.41) is 21.3. The van der Waals surface area contributed by atoms with Gasteiger partial charge >= 0.3 is 0 Å². The Morgan fingerprint density at radius 1 is 0.453 bits per heavy atom. The lowest BCUT2D eigenvalue weighted by atomic mass is 9.32. The topological polar surface area (TPSA) is 74.6 Å². The van der Waals surface area contributed by atoms with E-state index in [9.17, 15) is 19.8 Å². The number of hydrogen-bond donors (Lipinski definition) is 2. The van der Waals surface area contributed by atoms with Gasteiger partial charge in [-0.15, -0.1) is 0 Å². The minimum atomic E-state index is -0.165. The van der Waals surface area contributed by atoms with Crippen molar-refractivity contribution in [2.24, 2.45) is 113 Å². The number of aliphatic hydroxyl groups is 2. The maximum absolute atomic E-state index is 12.9. The van der Waals surface area contributed by atoms with Crippen LogP contribution in [0.25, 0.3) is 0 Å². The zero-order chi connectivity index (χ0) is 46.6. The molecule has 4 nitrogen and oxygen atoms in total. The van der Waals surface area contributed by atoms with Crippen molar-refractivity contribution >= 4 is 11.6 Å². The van der Waals surface area contributed by atoms with Crippen LogP contribution in [0.1, 0.15) is 212 Å². The quantitative estimate of drug-likeness (QED) is 0.276. The molecule has 0 aliphatic heterocycles. The highest BCUT2D eigenvalue weighted by atomic mass is 16.3. The highest BCUT2D eigenvalue weighted by molar-refractivity contribution is 5.86. The van der Waals surface area contributed by atoms with Crippen molar-refractivity contribution in [2.45, 2.75) is 212 Å². The van der Waals surface area contributed by atoms with Gasteiger partial charge in [-0.25, -0.2) is 0 Å². The van der Waals surface area contributed by atoms with Crippen LogP contribution in [0.4, 0.5) is 0 Å². The van der Waals surface area contributed by atoms with Crippen LogP contribution in [0.5, 0.6) is 0 Å². The van der Waals surface area contributed by atoms with Crippen molar-refractivity contribution in [1.82, 2.24) is 0 Å². The molecule has 10 rings (SSSR count). The third kappa shape index (κ3) is 5.96. The highest BCUT2D eigenvalue weighted by Gasteiger charge is 2.73. The average Bonchev–Trinajstić information content (AvgIpc) is 3.83. The van der Waals surface area contributed by atoms with Gasteiger partial charge in [0, 0.05) is 36.9 Å². The minimum Gasteiger partial charge on any atom is -0.396 e. The summed E-state index contributed by atoms with van der Waals surface area (Å²) >= 11 is 0. The molecule has 0 aromatic rings. The number of carbonyl (C=O) groups is 2. The number of aliphatic hydroxyl groups excluding tert-OH is 2. The van der Waals surface area contributed by atoms with Crippen molar-refractivity contribution in [1.29, 1.82) is 0 Å². The van der Waals surface area contributed by atoms with Crippen molar-refractivity contribution in [3.05, 3.63) is 24.3 Å². The maximum atomic E-state index is 12.9. The smallest absolute Gasteiger partial charge is 0.138 e. The first-order valence-corrected chi connectivity index (χ1v) is 27.3. The molecule has 0 unspecified atom stereocenters. The van der Waals surface area contributed by atoms with Crippen molar-refractivity contribution < 1.29 is 19.8 Å². The molecular weight excluding hydrogens is 785 g/mol. The van der Waals surface area contributed by atoms with Crippen LogP contribution in [0.15, 0.2) is 24.3 Å². The highest BCUT2D eigenvalue weighted by Crippen LogP contribution is 2.79. The first kappa shape index (κ1) is 47.8. The standard InChI is InChI=1S/2C30H48O2/c2*1-19(2)20-10-15-30(18-31)17-16-28(6)21(25(20)30)8-9-23-27(5)13-12-24(32)26(3,4)22(27)11-14-29(23,28)7/h2*20-23,25,31H,1,8-18H2,2-7H3/t2*20-,21+,22-,23+,25+,27-,28+,29+,30+/m00/s1. The molecule has 4 heteroatoms. The van der Waals surface area contributed by atoms with Gasteiger partial charge in [-0.2, -0.15) is 0 Å². The number of rotatable bonds is 4. The van der Waals surface area contributed by atoms with E-state index in [1.807, 2.05) is 0 Å². The lowest BCUT2D eigenvalue weighted by Crippen LogP contribution is -2.66. The van der Waals surface area contributed by atoms with Crippen LogP contribution >= 0.6 is 0 Å². The van der Waals surface area contributed by atoms with Crippen LogP contribution < -0.4 is 0 Å². The fourth-order valence-electron chi connectivity index (χ4n) is 22.7. The fourth-order valence-corrected chi connectivity index (χ4v) is 22.7. The molecule has 0 amide bonds. The second kappa shape index (κ2) is 15.1. The van der Waals surface area contributed by atoms with Gasteiger partial charge in [-0.1, -0.05) is 93.5 Å². The number of allylic oxidation sites excluding steroid dienone is 2. The monoisotopic (exact) mass is 881 g/mol. The Hall–Kier alpha value is -1.26. The molecule has 10 aliphatic carbocycles. The Kier molecular flexibility index (Phi) is 11.3. The van der Waals surface area contributed by atoms with E-state index < -0.39 is 0 Å². The summed E-state index contributed by atoms with van der Waals surface area (Å²) in [7, 11) is 0. The Morgan fingerprint density at radius 3 is 1.14 bits per heavy atom. The van der Waals surface area contributed by atoms with E-state index in [0.717, 1.165) is 25.7 Å². The predicted octanol–water partition coefficient (Wildman–Crippen LogP) is 14.4. The van der Waals surface area contributed by atoms with E-state index in [1.165, 1.54) is 114 Å². The van der Waals surface area contributed by atoms with Gasteiger partial charge in [0.05, 0.1) is 0 Å². The molecular formula is C60H96O4. The summed E-state index contributed by atoms with van der Waals surface area (Å²) in [6.07, 6.45) is 23.7. The van der Waals surface area contributed by atoms with Gasteiger partial charge in [0.15, 0.2) is 0 Å². The Bertz CT molecular complexity index is 1790. The summed E-state index contributed by atoms with van der Waals surface area (Å²) in [6, 6.07) is 0. The molecule has 0 radical (unpaired) electrons. The SMILES string of the molecule is C=C(C)[C@@H]1CC[C@]2(CO)CC[C@]3(C)[C@H](CC[C@@H]4[C@@]5(C)CCC(=O)C(C)(C)[C@@H]5CC[C@]43C)[C@@H]12.C=C(C)[C@@H]1CC[C@]2(CO)CC[C@]3(C)[C@H](CC[C@@H]4[C@@]5(C)CCC(=O)C(C)(C)[C@@H]5CC[C@]43C)[C@@H]12. The molecule has 0 heterocycles. The van der Waals surface area contributed by atoms with Gasteiger partial charge in [0.25, 0.3) is 0 Å². The predicted molar refractivity (Wildman–Crippen MR) is 262 cm³/mol. The molecule has 2 N–H and O–H groups in total. The van der Waals surface area contributed by atoms with E-state index in [1.54, 1.807) is 0 Å². The van der Waals surface area contributed by atoms with E-state index >= 15 is 0 Å². The largest absolute Gasteiger partial charge is 0.396 e. The molecule has 0 aromatic carbocycles. The molecule has 360 valence electrons. The van der Waals surface area contributed by atoms with Gasteiger partial charge in [0.2, 0.25) is 0 Å². The molecule has 18 atom stereocenters. The Labute approximate surface area is 392 Å². The number of carbonyl (C=O) groups excluding carboxylic acids is 2. The van der Waals surface area contributed by atoms with Crippen LogP contribution in [0.2, 0.25) is 0 Å². The Morgan fingerprint density at radius 2 is 0.812 bits per heavy atom. The zero-order valence-corrected chi connectivity index (χ0v) is 43.5. The average molecular weight is 881 g/mol. The van der Waals surface area contributed by atoms with Gasteiger partial charge in [-0.3, -0.25) is 9.59 Å². The lowest BCUT2D eigenvalue weighted by Gasteiger charge is -2.72. The second-order valence-electron chi connectivity index (χ2n) is 28.7. The first-order valence-electron chi connectivity index (χ1n) is 27.3. The van der Waals surface area contributed by atoms with Gasteiger partial charge in [-0.05, 0) is 232 Å². The van der Waals surface area contributed by atoms with E-state index in [-0.39, 0.29) is 32.5 Å². The summed E-state index contributed by atoms with van der Waals surface area (Å²) in [5.41, 5.74) is 4.55. The molecule has 10 fully saturated rings. The summed E-state index contributed by atoms with van der Waals surface area (Å²) in [4.78, 5) is 25.8. The fraction of sp³-hybridized carbons (Fsp3) is 0.900. The normalized spacial score (nSPS) is 54.2. The number of fused-ring (bicyclic) bond motifs is 14. The molecule has 10 aliphatic rings. The molecule has 0 bridgehead atoms. The minimum absolute atomic E-state index is 0.136. The third-order valence-corrected chi connectivity index (χ3v) is 26.6. The summed E-state index contributed by atoms with van der Waals surface area (Å²) in [6.45, 7) is 38.8. The van der Waals surface area contributed by atoms with Crippen LogP contribution in [-0.4, -0.2) is 35.0 Å². The van der Waals surface area contributed by atoms with E-state index in [0.29, 0.717) is 106 Å². The molecule has 0 spiro atoms. The first-order chi connectivity index (χ1) is 29.7. The maximum Gasteiger partial charge on any atom is 0.138 e. The van der Waals surface area contributed by atoms with Gasteiger partial charge in [0.1, 0.15) is 11.6 Å². The third-order valence-electron chi connectivity index (χ3n) is 26.6. The number of Topliss-reactive ketones (excluding diaryl/α,β-unsaturated/α-hetero) is 2. The Balaban J connectivity index is 0.000000162. The van der Waals surface area contributed by atoms with Crippen LogP contribution in [0.3, 0.4) is 0 Å². The zero-order valence-electron chi connectivity index (χ0n) is 43.5. The van der Waals surface area contributed by atoms with E-state index in [4.69, 9.17) is 0 Å². The molecule has 64 heavy (non-hydrogen) atoms. The van der Waals surface area contributed by atoms with Crippen molar-refractivity contribution in [3.8, 4) is 0 Å². The van der Waals surface area contributed by atoms with Crippen LogP contribution in [-0.2, 0) is 9.59 Å². The summed E-state index contributed by atoms with van der Waals surface area (Å²) in [5.74, 6) is 7.30.